The lowest BCUT2D eigenvalue weighted by atomic mass is 10.1. The second kappa shape index (κ2) is 2.44. The molecule has 0 spiro atoms. The molecular weight excluding hydrogens is 152 g/mol. The van der Waals surface area contributed by atoms with Crippen molar-refractivity contribution >= 4 is 17.2 Å². The third kappa shape index (κ3) is 0.830. The standard InChI is InChI=1S/C9H8N2O/c1-6-2-3-7(5-12)8-4-10-11-9(6)8/h2-5H,1H3,(H,10,11). The molecule has 2 rings (SSSR count). The molecule has 0 bridgehead atoms. The summed E-state index contributed by atoms with van der Waals surface area (Å²) in [5.74, 6) is 0. The van der Waals surface area contributed by atoms with Crippen LogP contribution < -0.4 is 0 Å². The van der Waals surface area contributed by atoms with Crippen LogP contribution >= 0.6 is 0 Å². The van der Waals surface area contributed by atoms with Gasteiger partial charge in [0.05, 0.1) is 11.7 Å². The molecule has 2 aromatic rings. The van der Waals surface area contributed by atoms with Crippen LogP contribution in [0.1, 0.15) is 15.9 Å². The third-order valence-corrected chi connectivity index (χ3v) is 1.98. The Bertz CT molecular complexity index is 431. The van der Waals surface area contributed by atoms with Crippen molar-refractivity contribution in [2.24, 2.45) is 0 Å². The van der Waals surface area contributed by atoms with E-state index in [-0.39, 0.29) is 0 Å². The zero-order valence-electron chi connectivity index (χ0n) is 6.66. The molecule has 1 aromatic heterocycles. The lowest BCUT2D eigenvalue weighted by molar-refractivity contribution is 0.112. The van der Waals surface area contributed by atoms with Crippen molar-refractivity contribution in [3.8, 4) is 0 Å². The number of rotatable bonds is 1. The van der Waals surface area contributed by atoms with Crippen molar-refractivity contribution in [2.75, 3.05) is 0 Å². The van der Waals surface area contributed by atoms with Crippen LogP contribution in [0.2, 0.25) is 0 Å². The lowest BCUT2D eigenvalue weighted by Gasteiger charge is -1.96. The van der Waals surface area contributed by atoms with E-state index in [2.05, 4.69) is 10.2 Å². The molecule has 1 heterocycles. The van der Waals surface area contributed by atoms with Crippen molar-refractivity contribution in [3.05, 3.63) is 29.5 Å². The first kappa shape index (κ1) is 7.03. The van der Waals surface area contributed by atoms with Gasteiger partial charge in [0.1, 0.15) is 0 Å². The average Bonchev–Trinajstić information content (AvgIpc) is 2.54. The zero-order chi connectivity index (χ0) is 8.55. The number of carbonyl (C=O) groups is 1. The number of aromatic amines is 1. The first-order chi connectivity index (χ1) is 5.83. The van der Waals surface area contributed by atoms with E-state index in [0.717, 1.165) is 22.8 Å². The van der Waals surface area contributed by atoms with Crippen LogP contribution in [-0.2, 0) is 0 Å². The van der Waals surface area contributed by atoms with Crippen LogP contribution in [0.15, 0.2) is 18.3 Å². The van der Waals surface area contributed by atoms with E-state index in [0.29, 0.717) is 5.56 Å². The summed E-state index contributed by atoms with van der Waals surface area (Å²) in [5, 5.41) is 7.63. The van der Waals surface area contributed by atoms with E-state index in [9.17, 15) is 4.79 Å². The first-order valence-corrected chi connectivity index (χ1v) is 3.71. The normalized spacial score (nSPS) is 10.4. The van der Waals surface area contributed by atoms with Gasteiger partial charge >= 0.3 is 0 Å². The summed E-state index contributed by atoms with van der Waals surface area (Å²) in [6.45, 7) is 1.98. The fraction of sp³-hybridized carbons (Fsp3) is 0.111. The molecular formula is C9H8N2O. The smallest absolute Gasteiger partial charge is 0.150 e. The average molecular weight is 160 g/mol. The van der Waals surface area contributed by atoms with Gasteiger partial charge in [-0.2, -0.15) is 5.10 Å². The number of nitrogens with zero attached hydrogens (tertiary/aromatic N) is 1. The van der Waals surface area contributed by atoms with E-state index in [1.165, 1.54) is 0 Å². The molecule has 60 valence electrons. The van der Waals surface area contributed by atoms with Gasteiger partial charge in [0, 0.05) is 10.9 Å². The van der Waals surface area contributed by atoms with Gasteiger partial charge < -0.3 is 0 Å². The Kier molecular flexibility index (Phi) is 1.43. The van der Waals surface area contributed by atoms with Gasteiger partial charge in [-0.25, -0.2) is 0 Å². The van der Waals surface area contributed by atoms with E-state index in [1.807, 2.05) is 13.0 Å². The van der Waals surface area contributed by atoms with Crippen molar-refractivity contribution in [1.29, 1.82) is 0 Å². The maximum Gasteiger partial charge on any atom is 0.150 e. The molecule has 0 atom stereocenters. The van der Waals surface area contributed by atoms with Crippen LogP contribution in [0.4, 0.5) is 0 Å². The second-order valence-electron chi connectivity index (χ2n) is 2.75. The molecule has 3 nitrogen and oxygen atoms in total. The second-order valence-corrected chi connectivity index (χ2v) is 2.75. The predicted octanol–water partition coefficient (Wildman–Crippen LogP) is 1.68. The number of hydrogen-bond donors (Lipinski definition) is 1. The van der Waals surface area contributed by atoms with Gasteiger partial charge in [-0.15, -0.1) is 0 Å². The number of carbonyl (C=O) groups excluding carboxylic acids is 1. The van der Waals surface area contributed by atoms with Crippen LogP contribution in [0.3, 0.4) is 0 Å². The minimum Gasteiger partial charge on any atom is -0.298 e. The SMILES string of the molecule is Cc1ccc(C=O)c2cn[nH]c12. The molecule has 0 fully saturated rings. The maximum atomic E-state index is 10.6. The van der Waals surface area contributed by atoms with Gasteiger partial charge in [-0.1, -0.05) is 12.1 Å². The van der Waals surface area contributed by atoms with Gasteiger partial charge in [-0.05, 0) is 12.5 Å². The van der Waals surface area contributed by atoms with Gasteiger partial charge in [0.15, 0.2) is 6.29 Å². The summed E-state index contributed by atoms with van der Waals surface area (Å²) in [5.41, 5.74) is 2.73. The van der Waals surface area contributed by atoms with E-state index in [1.54, 1.807) is 12.3 Å². The highest BCUT2D eigenvalue weighted by Crippen LogP contribution is 2.18. The fourth-order valence-electron chi connectivity index (χ4n) is 1.30. The number of aryl methyl sites for hydroxylation is 1. The van der Waals surface area contributed by atoms with Crippen LogP contribution in [0.5, 0.6) is 0 Å². The van der Waals surface area contributed by atoms with Crippen molar-refractivity contribution in [3.63, 3.8) is 0 Å². The third-order valence-electron chi connectivity index (χ3n) is 1.98. The molecule has 3 heteroatoms. The minimum absolute atomic E-state index is 0.685. The number of hydrogen-bond acceptors (Lipinski definition) is 2. The molecule has 1 N–H and O–H groups in total. The van der Waals surface area contributed by atoms with Crippen molar-refractivity contribution < 1.29 is 4.79 Å². The molecule has 0 saturated carbocycles. The summed E-state index contributed by atoms with van der Waals surface area (Å²) in [4.78, 5) is 10.6. The van der Waals surface area contributed by atoms with Crippen LogP contribution in [0.25, 0.3) is 10.9 Å². The molecule has 0 amide bonds. The summed E-state index contributed by atoms with van der Waals surface area (Å²) in [6.07, 6.45) is 2.52. The van der Waals surface area contributed by atoms with Crippen molar-refractivity contribution in [2.45, 2.75) is 6.92 Å². The van der Waals surface area contributed by atoms with E-state index < -0.39 is 0 Å². The molecule has 0 aliphatic heterocycles. The van der Waals surface area contributed by atoms with Gasteiger partial charge in [-0.3, -0.25) is 9.89 Å². The van der Waals surface area contributed by atoms with Crippen LogP contribution in [-0.4, -0.2) is 16.5 Å². The Balaban J connectivity index is 2.91. The Hall–Kier alpha value is -1.64. The quantitative estimate of drug-likeness (QED) is 0.645. The number of aromatic nitrogens is 2. The number of aldehydes is 1. The number of H-pyrrole nitrogens is 1. The molecule has 0 aliphatic carbocycles. The van der Waals surface area contributed by atoms with Crippen LogP contribution in [0, 0.1) is 6.92 Å². The minimum atomic E-state index is 0.685. The van der Waals surface area contributed by atoms with E-state index >= 15 is 0 Å². The molecule has 0 saturated heterocycles. The largest absolute Gasteiger partial charge is 0.298 e. The number of nitrogens with one attached hydrogen (secondary N) is 1. The zero-order valence-corrected chi connectivity index (χ0v) is 6.66. The van der Waals surface area contributed by atoms with Crippen molar-refractivity contribution in [1.82, 2.24) is 10.2 Å². The number of fused-ring (bicyclic) bond motifs is 1. The monoisotopic (exact) mass is 160 g/mol. The highest BCUT2D eigenvalue weighted by molar-refractivity contribution is 5.97. The molecule has 0 unspecified atom stereocenters. The number of benzene rings is 1. The van der Waals surface area contributed by atoms with Gasteiger partial charge in [0.2, 0.25) is 0 Å². The maximum absolute atomic E-state index is 10.6. The topological polar surface area (TPSA) is 45.8 Å². The van der Waals surface area contributed by atoms with E-state index in [4.69, 9.17) is 0 Å². The molecule has 0 radical (unpaired) electrons. The lowest BCUT2D eigenvalue weighted by Crippen LogP contribution is -1.83. The van der Waals surface area contributed by atoms with Gasteiger partial charge in [0.25, 0.3) is 0 Å². The molecule has 1 aromatic carbocycles. The summed E-state index contributed by atoms with van der Waals surface area (Å²) in [6, 6.07) is 3.71. The summed E-state index contributed by atoms with van der Waals surface area (Å²) in [7, 11) is 0. The predicted molar refractivity (Wildman–Crippen MR) is 46.2 cm³/mol. The Morgan fingerprint density at radius 2 is 2.33 bits per heavy atom. The molecule has 0 aliphatic rings. The fourth-order valence-corrected chi connectivity index (χ4v) is 1.30. The first-order valence-electron chi connectivity index (χ1n) is 3.71. The Morgan fingerprint density at radius 1 is 1.50 bits per heavy atom. The Morgan fingerprint density at radius 3 is 3.08 bits per heavy atom. The highest BCUT2D eigenvalue weighted by atomic mass is 16.1. The summed E-state index contributed by atoms with van der Waals surface area (Å²) >= 11 is 0. The molecule has 12 heavy (non-hydrogen) atoms. The highest BCUT2D eigenvalue weighted by Gasteiger charge is 2.03. The summed E-state index contributed by atoms with van der Waals surface area (Å²) < 4.78 is 0. The Labute approximate surface area is 69.4 Å².